The summed E-state index contributed by atoms with van der Waals surface area (Å²) in [7, 11) is 3.02. The van der Waals surface area contributed by atoms with Gasteiger partial charge >= 0.3 is 5.97 Å². The Kier molecular flexibility index (Phi) is 5.25. The minimum Gasteiger partial charge on any atom is -0.497 e. The molecule has 1 aromatic carbocycles. The van der Waals surface area contributed by atoms with Crippen LogP contribution in [0.3, 0.4) is 0 Å². The summed E-state index contributed by atoms with van der Waals surface area (Å²) >= 11 is 0. The highest BCUT2D eigenvalue weighted by molar-refractivity contribution is 5.92. The Balaban J connectivity index is 1.69. The number of methoxy groups -OCH3 is 2. The van der Waals surface area contributed by atoms with Crippen LogP contribution in [0.2, 0.25) is 0 Å². The van der Waals surface area contributed by atoms with Crippen molar-refractivity contribution in [2.24, 2.45) is 11.8 Å². The van der Waals surface area contributed by atoms with Crippen LogP contribution in [0.25, 0.3) is 5.69 Å². The van der Waals surface area contributed by atoms with Gasteiger partial charge in [-0.3, -0.25) is 9.59 Å². The summed E-state index contributed by atoms with van der Waals surface area (Å²) in [4.78, 5) is 26.3. The molecule has 0 N–H and O–H groups in total. The maximum absolute atomic E-state index is 12.8. The lowest BCUT2D eigenvalue weighted by molar-refractivity contribution is -0.148. The molecule has 7 heteroatoms. The Morgan fingerprint density at radius 2 is 1.88 bits per heavy atom. The first-order chi connectivity index (χ1) is 12.5. The summed E-state index contributed by atoms with van der Waals surface area (Å²) in [6, 6.07) is 9.16. The minimum absolute atomic E-state index is 0.0591. The highest BCUT2D eigenvalue weighted by Crippen LogP contribution is 2.25. The first kappa shape index (κ1) is 18.0. The molecule has 138 valence electrons. The molecule has 1 fully saturated rings. The monoisotopic (exact) mass is 357 g/mol. The average molecular weight is 357 g/mol. The van der Waals surface area contributed by atoms with Crippen LogP contribution < -0.4 is 4.74 Å². The predicted molar refractivity (Wildman–Crippen MR) is 95.3 cm³/mol. The molecule has 1 saturated heterocycles. The van der Waals surface area contributed by atoms with Gasteiger partial charge in [0.15, 0.2) is 5.69 Å². The highest BCUT2D eigenvalue weighted by atomic mass is 16.5. The van der Waals surface area contributed by atoms with Crippen LogP contribution in [-0.2, 0) is 9.53 Å². The van der Waals surface area contributed by atoms with Gasteiger partial charge in [0.2, 0.25) is 0 Å². The van der Waals surface area contributed by atoms with Crippen molar-refractivity contribution in [2.45, 2.75) is 13.3 Å². The summed E-state index contributed by atoms with van der Waals surface area (Å²) in [6.07, 6.45) is 2.37. The van der Waals surface area contributed by atoms with E-state index in [4.69, 9.17) is 9.47 Å². The van der Waals surface area contributed by atoms with Gasteiger partial charge in [0, 0.05) is 19.3 Å². The fourth-order valence-electron chi connectivity index (χ4n) is 3.31. The predicted octanol–water partition coefficient (Wildman–Crippen LogP) is 2.15. The molecule has 1 aromatic heterocycles. The van der Waals surface area contributed by atoms with Crippen LogP contribution in [0.15, 0.2) is 36.5 Å². The molecule has 7 nitrogen and oxygen atoms in total. The molecule has 0 spiro atoms. The molecule has 0 saturated carbocycles. The zero-order valence-electron chi connectivity index (χ0n) is 15.2. The largest absolute Gasteiger partial charge is 0.497 e. The van der Waals surface area contributed by atoms with Crippen molar-refractivity contribution in [3.05, 3.63) is 42.2 Å². The molecule has 1 aliphatic heterocycles. The molecular weight excluding hydrogens is 334 g/mol. The molecule has 0 bridgehead atoms. The fraction of sp³-hybridized carbons (Fsp3) is 0.421. The van der Waals surface area contributed by atoms with Crippen LogP contribution >= 0.6 is 0 Å². The number of esters is 1. The van der Waals surface area contributed by atoms with Gasteiger partial charge in [-0.1, -0.05) is 6.92 Å². The Hall–Kier alpha value is -2.83. The number of ether oxygens (including phenoxy) is 2. The lowest BCUT2D eigenvalue weighted by Gasteiger charge is -2.35. The lowest BCUT2D eigenvalue weighted by atomic mass is 9.87. The first-order valence-corrected chi connectivity index (χ1v) is 8.60. The average Bonchev–Trinajstić information content (AvgIpc) is 3.17. The fourth-order valence-corrected chi connectivity index (χ4v) is 3.31. The quantitative estimate of drug-likeness (QED) is 0.784. The number of carbonyl (C=O) groups is 2. The third kappa shape index (κ3) is 3.56. The number of piperidine rings is 1. The van der Waals surface area contributed by atoms with Crippen molar-refractivity contribution in [3.8, 4) is 11.4 Å². The number of benzene rings is 1. The normalized spacial score (nSPS) is 19.9. The highest BCUT2D eigenvalue weighted by Gasteiger charge is 2.34. The Morgan fingerprint density at radius 1 is 1.15 bits per heavy atom. The third-order valence-electron chi connectivity index (χ3n) is 4.84. The molecule has 26 heavy (non-hydrogen) atoms. The second kappa shape index (κ2) is 7.59. The standard InChI is InChI=1S/C19H23N3O4/c1-13-12-21(10-8-16(13)19(24)26-3)18(23)17-9-11-22(20-17)14-4-6-15(25-2)7-5-14/h4-7,9,11,13,16H,8,10,12H2,1-3H3/t13-,16-/m1/s1. The molecule has 1 aliphatic rings. The number of carbonyl (C=O) groups excluding carboxylic acids is 2. The minimum atomic E-state index is -0.201. The van der Waals surface area contributed by atoms with E-state index in [1.807, 2.05) is 31.2 Å². The molecule has 0 radical (unpaired) electrons. The molecule has 3 rings (SSSR count). The van der Waals surface area contributed by atoms with Crippen molar-refractivity contribution in [1.82, 2.24) is 14.7 Å². The van der Waals surface area contributed by atoms with E-state index in [0.29, 0.717) is 25.2 Å². The topological polar surface area (TPSA) is 73.7 Å². The van der Waals surface area contributed by atoms with E-state index >= 15 is 0 Å². The zero-order valence-corrected chi connectivity index (χ0v) is 15.2. The van der Waals surface area contributed by atoms with Crippen LogP contribution in [0.5, 0.6) is 5.75 Å². The third-order valence-corrected chi connectivity index (χ3v) is 4.84. The Morgan fingerprint density at radius 3 is 2.50 bits per heavy atom. The summed E-state index contributed by atoms with van der Waals surface area (Å²) < 4.78 is 11.7. The summed E-state index contributed by atoms with van der Waals surface area (Å²) in [5.41, 5.74) is 1.24. The van der Waals surface area contributed by atoms with E-state index < -0.39 is 0 Å². The molecule has 2 aromatic rings. The second-order valence-corrected chi connectivity index (χ2v) is 6.49. The van der Waals surface area contributed by atoms with Crippen molar-refractivity contribution >= 4 is 11.9 Å². The van der Waals surface area contributed by atoms with Gasteiger partial charge in [-0.25, -0.2) is 4.68 Å². The Bertz CT molecular complexity index is 784. The number of rotatable bonds is 4. The SMILES string of the molecule is COC(=O)[C@@H]1CCN(C(=O)c2ccn(-c3ccc(OC)cc3)n2)C[C@H]1C. The number of hydrogen-bond acceptors (Lipinski definition) is 5. The summed E-state index contributed by atoms with van der Waals surface area (Å²) in [5, 5.41) is 4.40. The van der Waals surface area contributed by atoms with E-state index in [0.717, 1.165) is 11.4 Å². The van der Waals surface area contributed by atoms with Gasteiger partial charge < -0.3 is 14.4 Å². The summed E-state index contributed by atoms with van der Waals surface area (Å²) in [5.74, 6) is 0.352. The van der Waals surface area contributed by atoms with Crippen LogP contribution in [-0.4, -0.2) is 53.9 Å². The first-order valence-electron chi connectivity index (χ1n) is 8.60. The van der Waals surface area contributed by atoms with Crippen LogP contribution in [0, 0.1) is 11.8 Å². The van der Waals surface area contributed by atoms with Crippen molar-refractivity contribution in [3.63, 3.8) is 0 Å². The van der Waals surface area contributed by atoms with E-state index in [-0.39, 0.29) is 23.7 Å². The van der Waals surface area contributed by atoms with Crippen LogP contribution in [0.4, 0.5) is 0 Å². The van der Waals surface area contributed by atoms with Gasteiger partial charge in [0.25, 0.3) is 5.91 Å². The van der Waals surface area contributed by atoms with E-state index in [1.165, 1.54) is 7.11 Å². The van der Waals surface area contributed by atoms with Crippen molar-refractivity contribution < 1.29 is 19.1 Å². The Labute approximate surface area is 152 Å². The molecule has 2 atom stereocenters. The van der Waals surface area contributed by atoms with Gasteiger partial charge in [-0.2, -0.15) is 5.10 Å². The maximum Gasteiger partial charge on any atom is 0.309 e. The zero-order chi connectivity index (χ0) is 18.7. The number of amides is 1. The van der Waals surface area contributed by atoms with Gasteiger partial charge in [0.05, 0.1) is 25.8 Å². The van der Waals surface area contributed by atoms with E-state index in [1.54, 1.807) is 29.0 Å². The number of hydrogen-bond donors (Lipinski definition) is 0. The van der Waals surface area contributed by atoms with E-state index in [9.17, 15) is 9.59 Å². The van der Waals surface area contributed by atoms with Gasteiger partial charge in [0.1, 0.15) is 5.75 Å². The lowest BCUT2D eigenvalue weighted by Crippen LogP contribution is -2.45. The smallest absolute Gasteiger partial charge is 0.309 e. The van der Waals surface area contributed by atoms with Gasteiger partial charge in [-0.05, 0) is 42.7 Å². The molecule has 1 amide bonds. The molecule has 0 aliphatic carbocycles. The van der Waals surface area contributed by atoms with Crippen LogP contribution in [0.1, 0.15) is 23.8 Å². The molecule has 0 unspecified atom stereocenters. The molecule has 2 heterocycles. The summed E-state index contributed by atoms with van der Waals surface area (Å²) in [6.45, 7) is 3.02. The number of likely N-dealkylation sites (tertiary alicyclic amines) is 1. The van der Waals surface area contributed by atoms with Crippen molar-refractivity contribution in [2.75, 3.05) is 27.3 Å². The second-order valence-electron chi connectivity index (χ2n) is 6.49. The molecular formula is C19H23N3O4. The van der Waals surface area contributed by atoms with Crippen molar-refractivity contribution in [1.29, 1.82) is 0 Å². The van der Waals surface area contributed by atoms with Gasteiger partial charge in [-0.15, -0.1) is 0 Å². The van der Waals surface area contributed by atoms with E-state index in [2.05, 4.69) is 5.10 Å². The maximum atomic E-state index is 12.8. The number of nitrogens with zero attached hydrogens (tertiary/aromatic N) is 3. The number of aromatic nitrogens is 2.